The largest absolute Gasteiger partial charge is 0.459 e. The highest BCUT2D eigenvalue weighted by Crippen LogP contribution is 2.64. The minimum atomic E-state index is -2.26. The number of carbonyl (C=O) groups is 3. The molecule has 13 rings (SSSR count). The molecule has 1 saturated heterocycles. The summed E-state index contributed by atoms with van der Waals surface area (Å²) in [6.45, 7) is 7.63. The predicted molar refractivity (Wildman–Crippen MR) is 305 cm³/mol. The van der Waals surface area contributed by atoms with Crippen molar-refractivity contribution in [2.24, 2.45) is 58.0 Å². The number of fused-ring (bicyclic) bond motifs is 2. The van der Waals surface area contributed by atoms with Crippen LogP contribution in [-0.4, -0.2) is 95.8 Å². The molecule has 4 bridgehead atoms. The number of benzene rings is 1. The summed E-state index contributed by atoms with van der Waals surface area (Å²) < 4.78 is 14.2. The Bertz CT molecular complexity index is 2890. The minimum absolute atomic E-state index is 0.105. The van der Waals surface area contributed by atoms with Gasteiger partial charge < -0.3 is 52.0 Å². The number of dihydropyridines is 2. The highest BCUT2D eigenvalue weighted by molar-refractivity contribution is 6.33. The van der Waals surface area contributed by atoms with Crippen LogP contribution >= 0.6 is 0 Å². The highest BCUT2D eigenvalue weighted by atomic mass is 16.7. The Kier molecular flexibility index (Phi) is 13.8. The van der Waals surface area contributed by atoms with Crippen molar-refractivity contribution in [1.29, 1.82) is 0 Å². The number of ether oxygens (including phenoxy) is 2. The van der Waals surface area contributed by atoms with Gasteiger partial charge in [-0.25, -0.2) is 4.79 Å². The number of esters is 1. The van der Waals surface area contributed by atoms with E-state index in [9.17, 15) is 10.2 Å². The first-order valence-electron chi connectivity index (χ1n) is 30.9. The number of likely N-dealkylation sites (N-methyl/N-ethyl adjacent to an activating group) is 1. The first-order chi connectivity index (χ1) is 38.2. The SMILES string of the molecule is CCN[C@@]12C=C3C=CC[C@H]4CCCC[C@](C)(CC5=CNC(N)C=C5)Cc5cccc6c5C(=O)[C@]5(O[C@@]5(C/C(CO)=C(\C)C[C@@H]5CC[C@@H]7C[C@H](NC)NC8=C7C5=CCN8)C6=O)C(=O)O[C@H]([C@@H]5C[C@H](O)C6(CCCC6)C[C@H]5C1)[C@@H]2C[C@@H]34. The smallest absolute Gasteiger partial charge is 0.350 e. The quantitative estimate of drug-likeness (QED) is 0.0481. The van der Waals surface area contributed by atoms with E-state index in [4.69, 9.17) is 15.2 Å². The summed E-state index contributed by atoms with van der Waals surface area (Å²) in [5.41, 5.74) is 9.12. The fourth-order valence-corrected chi connectivity index (χ4v) is 18.9. The third-order valence-corrected chi connectivity index (χ3v) is 22.8. The molecule has 1 aromatic rings. The fraction of sp³-hybridized carbons (Fsp3) is 0.652. The van der Waals surface area contributed by atoms with Crippen LogP contribution < -0.4 is 32.3 Å². The molecule has 2 spiro atoms. The van der Waals surface area contributed by atoms with Crippen LogP contribution in [0.25, 0.3) is 0 Å². The lowest BCUT2D eigenvalue weighted by Crippen LogP contribution is -2.66. The lowest BCUT2D eigenvalue weighted by atomic mass is 9.49. The van der Waals surface area contributed by atoms with Crippen molar-refractivity contribution in [3.8, 4) is 0 Å². The molecule has 13 heteroatoms. The minimum Gasteiger partial charge on any atom is -0.459 e. The number of aliphatic hydroxyl groups is 2. The molecule has 12 aliphatic rings. The van der Waals surface area contributed by atoms with Crippen LogP contribution in [0.15, 0.2) is 100 Å². The van der Waals surface area contributed by atoms with E-state index >= 15 is 14.4 Å². The highest BCUT2D eigenvalue weighted by Gasteiger charge is 2.86. The molecule has 4 saturated carbocycles. The lowest BCUT2D eigenvalue weighted by Gasteiger charge is -2.60. The molecule has 5 heterocycles. The van der Waals surface area contributed by atoms with Crippen LogP contribution in [0.2, 0.25) is 0 Å². The van der Waals surface area contributed by atoms with Gasteiger partial charge in [0.05, 0.1) is 25.0 Å². The summed E-state index contributed by atoms with van der Waals surface area (Å²) in [5, 5.41) is 41.9. The molecule has 9 N–H and O–H groups in total. The monoisotopic (exact) mass is 1080 g/mol. The van der Waals surface area contributed by atoms with Gasteiger partial charge in [-0.1, -0.05) is 93.7 Å². The molecule has 0 aromatic heterocycles. The van der Waals surface area contributed by atoms with Crippen molar-refractivity contribution in [3.63, 3.8) is 0 Å². The van der Waals surface area contributed by atoms with Crippen molar-refractivity contribution < 1.29 is 34.1 Å². The Labute approximate surface area is 468 Å². The maximum Gasteiger partial charge on any atom is 0.350 e. The van der Waals surface area contributed by atoms with Crippen molar-refractivity contribution in [2.75, 3.05) is 26.7 Å². The van der Waals surface area contributed by atoms with Gasteiger partial charge in [-0.05, 0) is 197 Å². The first-order valence-corrected chi connectivity index (χ1v) is 30.9. The summed E-state index contributed by atoms with van der Waals surface area (Å²) in [4.78, 5) is 48.7. The second kappa shape index (κ2) is 20.4. The Morgan fingerprint density at radius 1 is 0.975 bits per heavy atom. The Hall–Kier alpha value is -4.63. The summed E-state index contributed by atoms with van der Waals surface area (Å²) in [5.74, 6) is 0.595. The second-order valence-corrected chi connectivity index (χ2v) is 27.3. The van der Waals surface area contributed by atoms with Gasteiger partial charge in [0, 0.05) is 47.7 Å². The number of rotatable bonds is 10. The van der Waals surface area contributed by atoms with Crippen LogP contribution in [-0.2, 0) is 20.7 Å². The van der Waals surface area contributed by atoms with Gasteiger partial charge >= 0.3 is 5.97 Å². The molecular weight excluding hydrogens is 989 g/mol. The molecule has 5 aliphatic heterocycles. The van der Waals surface area contributed by atoms with E-state index in [0.29, 0.717) is 36.7 Å². The zero-order chi connectivity index (χ0) is 54.6. The summed E-state index contributed by atoms with van der Waals surface area (Å²) in [6, 6.07) is 5.61. The van der Waals surface area contributed by atoms with E-state index in [1.807, 2.05) is 38.4 Å². The van der Waals surface area contributed by atoms with E-state index in [-0.39, 0.29) is 76.9 Å². The number of hydrogen-bond acceptors (Lipinski definition) is 13. The number of carbonyl (C=O) groups excluding carboxylic acids is 3. The molecule has 7 aliphatic carbocycles. The van der Waals surface area contributed by atoms with Crippen molar-refractivity contribution in [1.82, 2.24) is 26.6 Å². The molecule has 0 amide bonds. The summed E-state index contributed by atoms with van der Waals surface area (Å²) in [6.07, 6.45) is 31.7. The number of nitrogens with two attached hydrogens (primary N) is 1. The van der Waals surface area contributed by atoms with E-state index in [1.165, 1.54) is 16.7 Å². The number of epoxide rings is 1. The van der Waals surface area contributed by atoms with Crippen LogP contribution in [0.4, 0.5) is 0 Å². The molecule has 1 aromatic carbocycles. The van der Waals surface area contributed by atoms with E-state index in [2.05, 4.69) is 70.8 Å². The first kappa shape index (κ1) is 53.7. The third-order valence-electron chi connectivity index (χ3n) is 22.8. The third kappa shape index (κ3) is 8.78. The predicted octanol–water partition coefficient (Wildman–Crippen LogP) is 8.56. The van der Waals surface area contributed by atoms with Gasteiger partial charge in [0.2, 0.25) is 5.78 Å². The van der Waals surface area contributed by atoms with Gasteiger partial charge in [0.1, 0.15) is 11.9 Å². The number of hydrogen-bond donors (Lipinski definition) is 8. The van der Waals surface area contributed by atoms with Crippen LogP contribution in [0.3, 0.4) is 0 Å². The Balaban J connectivity index is 0.921. The number of Topliss-reactive ketones (excluding diaryl/α,β-unsaturated/α-hetero) is 2. The van der Waals surface area contributed by atoms with Crippen molar-refractivity contribution in [3.05, 3.63) is 117 Å². The zero-order valence-corrected chi connectivity index (χ0v) is 47.4. The van der Waals surface area contributed by atoms with Crippen LogP contribution in [0.1, 0.15) is 169 Å². The van der Waals surface area contributed by atoms with Gasteiger partial charge in [-0.2, -0.15) is 0 Å². The normalized spacial score (nSPS) is 40.9. The Morgan fingerprint density at radius 2 is 1.81 bits per heavy atom. The Morgan fingerprint density at radius 3 is 2.59 bits per heavy atom. The van der Waals surface area contributed by atoms with Gasteiger partial charge in [0.25, 0.3) is 5.60 Å². The zero-order valence-electron chi connectivity index (χ0n) is 47.4. The van der Waals surface area contributed by atoms with Crippen molar-refractivity contribution >= 4 is 17.5 Å². The summed E-state index contributed by atoms with van der Waals surface area (Å²) in [7, 11) is 2.00. The second-order valence-electron chi connectivity index (χ2n) is 27.3. The van der Waals surface area contributed by atoms with E-state index < -0.39 is 46.5 Å². The van der Waals surface area contributed by atoms with Crippen LogP contribution in [0, 0.1) is 52.3 Å². The molecule has 0 radical (unpaired) electrons. The molecule has 13 nitrogen and oxygen atoms in total. The standard InChI is InChI=1S/C66H88N6O7/c1-5-71-64-33-43-14-10-13-40-12-6-7-22-62(3,30-39-17-20-53(67)70-36-39)31-44-15-11-16-48-55(44)59(76)66(61(77)78-57(51(64)28-49(40)43)50-29-52(74)63(23-8-9-24-63)32-45(50)34-64)65(79-66,58(48)75)35-46(37-73)38(2)26-41-18-19-42-27-54(68-4)72-60-56(42)47(41)21-25-69-60/h10-11,14-17,20-21,33,36,40-42,45,49-54,57,68-74H,5-9,12-13,18-19,22-32,34-35,37,67H2,1-4H3/b46-38-/t40-,41+,42-,45+,49-,50-,51+,52+,53?,54-,57-,62-,64+,65+,66+/m1/s1. The van der Waals surface area contributed by atoms with Gasteiger partial charge in [0.15, 0.2) is 11.4 Å². The number of nitrogens with one attached hydrogen (secondary N) is 5. The maximum absolute atomic E-state index is 16.4. The average molecular weight is 1080 g/mol. The summed E-state index contributed by atoms with van der Waals surface area (Å²) >= 11 is 0. The number of allylic oxidation sites excluding steroid dienone is 8. The van der Waals surface area contributed by atoms with Gasteiger partial charge in [-0.15, -0.1) is 0 Å². The molecule has 15 atom stereocenters. The number of aliphatic hydroxyl groups excluding tert-OH is 2. The number of ketones is 2. The van der Waals surface area contributed by atoms with Gasteiger partial charge in [-0.3, -0.25) is 9.59 Å². The average Bonchev–Trinajstić information content (AvgIpc) is 2.33. The molecule has 5 fully saturated rings. The molecule has 1 unspecified atom stereocenters. The maximum atomic E-state index is 16.4. The van der Waals surface area contributed by atoms with E-state index in [1.54, 1.807) is 6.07 Å². The molecule has 424 valence electrons. The van der Waals surface area contributed by atoms with Crippen LogP contribution in [0.5, 0.6) is 0 Å². The van der Waals surface area contributed by atoms with Crippen molar-refractivity contribution in [2.45, 2.75) is 190 Å². The topological polar surface area (TPSA) is 200 Å². The molecule has 79 heavy (non-hydrogen) atoms. The fourth-order valence-electron chi connectivity index (χ4n) is 18.9. The molecular formula is C66H88N6O7. The lowest BCUT2D eigenvalue weighted by molar-refractivity contribution is -0.183. The van der Waals surface area contributed by atoms with E-state index in [0.717, 1.165) is 138 Å².